The maximum Gasteiger partial charge on any atom is 0.353 e. The number of rotatable bonds is 8. The number of carboxylic acid groups (broad SMARTS) is 1. The van der Waals surface area contributed by atoms with Gasteiger partial charge < -0.3 is 35.1 Å². The third kappa shape index (κ3) is 3.79. The predicted octanol–water partition coefficient (Wildman–Crippen LogP) is 0.517. The van der Waals surface area contributed by atoms with Crippen LogP contribution in [0.5, 0.6) is 0 Å². The first-order chi connectivity index (χ1) is 15.6. The number of aliphatic carboxylic acids is 1. The summed E-state index contributed by atoms with van der Waals surface area (Å²) in [5.41, 5.74) is 5.88. The lowest BCUT2D eigenvalue weighted by atomic mass is 9.79. The monoisotopic (exact) mass is 479 g/mol. The number of aliphatic hydroxyl groups is 1. The van der Waals surface area contributed by atoms with Gasteiger partial charge in [0.15, 0.2) is 5.69 Å². The van der Waals surface area contributed by atoms with Crippen molar-refractivity contribution in [1.82, 2.24) is 14.8 Å². The van der Waals surface area contributed by atoms with E-state index in [1.165, 1.54) is 27.8 Å². The predicted molar refractivity (Wildman–Crippen MR) is 120 cm³/mol. The summed E-state index contributed by atoms with van der Waals surface area (Å²) in [4.78, 5) is 46.6. The summed E-state index contributed by atoms with van der Waals surface area (Å²) in [6.07, 6.45) is 0.493. The van der Waals surface area contributed by atoms with Crippen LogP contribution in [0.2, 0.25) is 0 Å². The molecule has 2 saturated heterocycles. The van der Waals surface area contributed by atoms with E-state index in [4.69, 9.17) is 10.2 Å². The standard InChI is InChI=1S/C21H29N5O6S/c1-9(2)25(8-22)18(28)13-7-32-21(23-13)24-5-12(6-24)33-17-10(3)15-14(11(4)27)19(29)26(15)16(17)20(30)31/h7,9-12,14-15,27H,5-6,8,22H2,1-4H3,(H,30,31)/t10-,11-,14?,15?/m1/s1. The van der Waals surface area contributed by atoms with Crippen LogP contribution in [0.3, 0.4) is 0 Å². The molecule has 4 rings (SSSR count). The number of thioether (sulfide) groups is 1. The molecule has 2 fully saturated rings. The van der Waals surface area contributed by atoms with Crippen molar-refractivity contribution >= 4 is 35.6 Å². The number of aliphatic hydroxyl groups excluding tert-OH is 1. The second kappa shape index (κ2) is 8.65. The van der Waals surface area contributed by atoms with Gasteiger partial charge in [0.2, 0.25) is 5.91 Å². The lowest BCUT2D eigenvalue weighted by Crippen LogP contribution is -2.63. The van der Waals surface area contributed by atoms with Crippen LogP contribution in [-0.4, -0.2) is 86.0 Å². The zero-order valence-electron chi connectivity index (χ0n) is 19.0. The first kappa shape index (κ1) is 23.6. The fourth-order valence-electron chi connectivity index (χ4n) is 4.71. The Kier molecular flexibility index (Phi) is 6.18. The Labute approximate surface area is 195 Å². The van der Waals surface area contributed by atoms with Crippen LogP contribution < -0.4 is 10.6 Å². The maximum absolute atomic E-state index is 12.5. The average molecular weight is 480 g/mol. The van der Waals surface area contributed by atoms with Crippen LogP contribution in [-0.2, 0) is 9.59 Å². The second-order valence-corrected chi connectivity index (χ2v) is 10.3. The first-order valence-corrected chi connectivity index (χ1v) is 11.8. The molecule has 1 aromatic heterocycles. The summed E-state index contributed by atoms with van der Waals surface area (Å²) in [6, 6.07) is -0.0612. The highest BCUT2D eigenvalue weighted by atomic mass is 32.2. The van der Waals surface area contributed by atoms with Crippen molar-refractivity contribution in [3.05, 3.63) is 22.6 Å². The zero-order chi connectivity index (χ0) is 24.2. The molecule has 4 N–H and O–H groups in total. The van der Waals surface area contributed by atoms with E-state index in [2.05, 4.69) is 4.98 Å². The minimum Gasteiger partial charge on any atom is -0.477 e. The summed E-state index contributed by atoms with van der Waals surface area (Å²) in [7, 11) is 0. The number of fused-ring (bicyclic) bond motifs is 1. The van der Waals surface area contributed by atoms with Gasteiger partial charge in [0.25, 0.3) is 11.9 Å². The molecule has 33 heavy (non-hydrogen) atoms. The molecule has 1 aromatic rings. The molecular weight excluding hydrogens is 450 g/mol. The highest BCUT2D eigenvalue weighted by molar-refractivity contribution is 8.03. The van der Waals surface area contributed by atoms with Crippen LogP contribution in [0, 0.1) is 11.8 Å². The Hall–Kier alpha value is -2.57. The lowest BCUT2D eigenvalue weighted by Gasteiger charge is -2.46. The molecule has 0 radical (unpaired) electrons. The van der Waals surface area contributed by atoms with Crippen LogP contribution >= 0.6 is 11.8 Å². The Morgan fingerprint density at radius 1 is 1.36 bits per heavy atom. The summed E-state index contributed by atoms with van der Waals surface area (Å²) < 4.78 is 5.49. The fraction of sp³-hybridized carbons (Fsp3) is 0.619. The van der Waals surface area contributed by atoms with Crippen molar-refractivity contribution < 1.29 is 29.0 Å². The maximum atomic E-state index is 12.5. The number of aromatic nitrogens is 1. The summed E-state index contributed by atoms with van der Waals surface area (Å²) >= 11 is 1.45. The molecule has 11 nitrogen and oxygen atoms in total. The number of nitrogens with two attached hydrogens (primary N) is 1. The van der Waals surface area contributed by atoms with E-state index in [1.807, 2.05) is 25.7 Å². The molecule has 4 heterocycles. The second-order valence-electron chi connectivity index (χ2n) is 8.98. The largest absolute Gasteiger partial charge is 0.477 e. The topological polar surface area (TPSA) is 153 Å². The SMILES string of the molecule is CC(C)N(CN)C(=O)c1coc(N2CC(SC3=C(C(=O)O)N4C(=O)C([C@@H](C)O)C4[C@H]3C)C2)n1. The molecular formula is C21H29N5O6S. The first-order valence-electron chi connectivity index (χ1n) is 10.9. The van der Waals surface area contributed by atoms with E-state index >= 15 is 0 Å². The summed E-state index contributed by atoms with van der Waals surface area (Å²) in [5, 5.41) is 19.8. The average Bonchev–Trinajstić information content (AvgIpc) is 3.26. The molecule has 2 unspecified atom stereocenters. The van der Waals surface area contributed by atoms with Gasteiger partial charge in [-0.05, 0) is 20.8 Å². The molecule has 0 saturated carbocycles. The van der Waals surface area contributed by atoms with E-state index in [0.29, 0.717) is 24.0 Å². The normalized spacial score (nSPS) is 25.8. The fourth-order valence-corrected chi connectivity index (χ4v) is 6.23. The number of carbonyl (C=O) groups excluding carboxylic acids is 2. The number of β-lactam (4-membered cyclic amide) rings is 1. The number of hydrogen-bond acceptors (Lipinski definition) is 9. The van der Waals surface area contributed by atoms with Gasteiger partial charge in [-0.25, -0.2) is 4.79 Å². The minimum atomic E-state index is -1.13. The summed E-state index contributed by atoms with van der Waals surface area (Å²) in [5.74, 6) is -2.52. The van der Waals surface area contributed by atoms with Gasteiger partial charge >= 0.3 is 5.97 Å². The number of carboxylic acids is 1. The Balaban J connectivity index is 1.42. The van der Waals surface area contributed by atoms with Gasteiger partial charge in [-0.2, -0.15) is 4.98 Å². The molecule has 0 aromatic carbocycles. The quantitative estimate of drug-likeness (QED) is 0.355. The van der Waals surface area contributed by atoms with Gasteiger partial charge in [-0.3, -0.25) is 9.59 Å². The highest BCUT2D eigenvalue weighted by Crippen LogP contribution is 2.52. The molecule has 3 aliphatic heterocycles. The molecule has 0 aliphatic carbocycles. The third-order valence-electron chi connectivity index (χ3n) is 6.52. The zero-order valence-corrected chi connectivity index (χ0v) is 19.8. The van der Waals surface area contributed by atoms with Gasteiger partial charge in [-0.1, -0.05) is 6.92 Å². The number of oxazole rings is 1. The van der Waals surface area contributed by atoms with Crippen LogP contribution in [0.1, 0.15) is 38.2 Å². The number of nitrogens with zero attached hydrogens (tertiary/aromatic N) is 4. The van der Waals surface area contributed by atoms with E-state index in [0.717, 1.165) is 0 Å². The smallest absolute Gasteiger partial charge is 0.353 e. The molecule has 2 amide bonds. The van der Waals surface area contributed by atoms with Gasteiger partial charge in [0, 0.05) is 35.2 Å². The van der Waals surface area contributed by atoms with E-state index in [-0.39, 0.29) is 53.1 Å². The van der Waals surface area contributed by atoms with Crippen molar-refractivity contribution in [3.8, 4) is 0 Å². The number of amides is 2. The van der Waals surface area contributed by atoms with Gasteiger partial charge in [-0.15, -0.1) is 11.8 Å². The van der Waals surface area contributed by atoms with Crippen molar-refractivity contribution in [1.29, 1.82) is 0 Å². The van der Waals surface area contributed by atoms with Gasteiger partial charge in [0.1, 0.15) is 12.0 Å². The highest BCUT2D eigenvalue weighted by Gasteiger charge is 2.60. The Morgan fingerprint density at radius 3 is 2.58 bits per heavy atom. The van der Waals surface area contributed by atoms with Gasteiger partial charge in [0.05, 0.1) is 24.7 Å². The van der Waals surface area contributed by atoms with E-state index in [9.17, 15) is 24.6 Å². The summed E-state index contributed by atoms with van der Waals surface area (Å²) in [6.45, 7) is 8.40. The van der Waals surface area contributed by atoms with E-state index < -0.39 is 18.0 Å². The molecule has 0 bridgehead atoms. The third-order valence-corrected chi connectivity index (χ3v) is 7.97. The van der Waals surface area contributed by atoms with Crippen LogP contribution in [0.25, 0.3) is 0 Å². The Morgan fingerprint density at radius 2 is 2.03 bits per heavy atom. The van der Waals surface area contributed by atoms with Crippen molar-refractivity contribution in [2.24, 2.45) is 17.6 Å². The molecule has 3 aliphatic rings. The molecule has 180 valence electrons. The Bertz CT molecular complexity index is 1000. The van der Waals surface area contributed by atoms with Crippen molar-refractivity contribution in [2.45, 2.75) is 51.1 Å². The number of anilines is 1. The van der Waals surface area contributed by atoms with Crippen LogP contribution in [0.15, 0.2) is 21.3 Å². The molecule has 4 atom stereocenters. The number of hydrogen-bond donors (Lipinski definition) is 3. The minimum absolute atomic E-state index is 0.0254. The lowest BCUT2D eigenvalue weighted by molar-refractivity contribution is -0.163. The molecule has 0 spiro atoms. The van der Waals surface area contributed by atoms with E-state index in [1.54, 1.807) is 6.92 Å². The number of carbonyl (C=O) groups is 3. The van der Waals surface area contributed by atoms with Crippen molar-refractivity contribution in [3.63, 3.8) is 0 Å². The van der Waals surface area contributed by atoms with Crippen molar-refractivity contribution in [2.75, 3.05) is 24.7 Å². The molecule has 12 heteroatoms. The van der Waals surface area contributed by atoms with Crippen LogP contribution in [0.4, 0.5) is 6.01 Å².